The number of nitrogens with one attached hydrogen (secondary N) is 1. The molecule has 0 aliphatic heterocycles. The quantitative estimate of drug-likeness (QED) is 0.714. The van der Waals surface area contributed by atoms with Crippen LogP contribution in [0.1, 0.15) is 33.6 Å². The van der Waals surface area contributed by atoms with E-state index < -0.39 is 12.2 Å². The highest BCUT2D eigenvalue weighted by Crippen LogP contribution is 2.27. The summed E-state index contributed by atoms with van der Waals surface area (Å²) in [5.41, 5.74) is 0. The molecule has 4 heteroatoms. The lowest BCUT2D eigenvalue weighted by Gasteiger charge is -2.26. The minimum absolute atomic E-state index is 0.343. The van der Waals surface area contributed by atoms with Gasteiger partial charge in [0, 0.05) is 0 Å². The first-order valence-electron chi connectivity index (χ1n) is 4.73. The Labute approximate surface area is 77.7 Å². The maximum absolute atomic E-state index is 12.4. The van der Waals surface area contributed by atoms with E-state index in [9.17, 15) is 13.2 Å². The molecule has 0 aromatic carbocycles. The first-order valence-corrected chi connectivity index (χ1v) is 4.73. The summed E-state index contributed by atoms with van der Waals surface area (Å²) in [6.45, 7) is 5.59. The van der Waals surface area contributed by atoms with Crippen LogP contribution in [0.4, 0.5) is 13.2 Å². The number of rotatable bonds is 5. The van der Waals surface area contributed by atoms with Gasteiger partial charge in [-0.3, -0.25) is 0 Å². The van der Waals surface area contributed by atoms with Crippen molar-refractivity contribution in [3.8, 4) is 0 Å². The van der Waals surface area contributed by atoms with Gasteiger partial charge in [0.25, 0.3) is 0 Å². The van der Waals surface area contributed by atoms with Crippen molar-refractivity contribution >= 4 is 0 Å². The summed E-state index contributed by atoms with van der Waals surface area (Å²) in [5, 5.41) is 2.48. The summed E-state index contributed by atoms with van der Waals surface area (Å²) in [6.07, 6.45) is -2.72. The topological polar surface area (TPSA) is 12.0 Å². The van der Waals surface area contributed by atoms with Crippen molar-refractivity contribution < 1.29 is 13.2 Å². The molecule has 1 nitrogen and oxygen atoms in total. The molecule has 80 valence electrons. The average Bonchev–Trinajstić information content (AvgIpc) is 1.98. The van der Waals surface area contributed by atoms with Gasteiger partial charge in [0.1, 0.15) is 6.04 Å². The van der Waals surface area contributed by atoms with Crippen molar-refractivity contribution in [3.05, 3.63) is 0 Å². The molecule has 0 aromatic heterocycles. The zero-order chi connectivity index (χ0) is 10.5. The van der Waals surface area contributed by atoms with E-state index in [1.807, 2.05) is 6.92 Å². The van der Waals surface area contributed by atoms with Gasteiger partial charge in [-0.25, -0.2) is 0 Å². The second kappa shape index (κ2) is 5.47. The predicted octanol–water partition coefficient (Wildman–Crippen LogP) is 2.96. The molecule has 0 aliphatic carbocycles. The molecule has 13 heavy (non-hydrogen) atoms. The van der Waals surface area contributed by atoms with E-state index in [1.165, 1.54) is 0 Å². The Balaban J connectivity index is 4.23. The van der Waals surface area contributed by atoms with E-state index in [4.69, 9.17) is 0 Å². The number of alkyl halides is 3. The molecular formula is C9H18F3N. The molecule has 0 rings (SSSR count). The summed E-state index contributed by atoms with van der Waals surface area (Å²) >= 11 is 0. The molecule has 0 aliphatic rings. The molecular weight excluding hydrogens is 179 g/mol. The third kappa shape index (κ3) is 4.50. The first-order chi connectivity index (χ1) is 5.93. The van der Waals surface area contributed by atoms with Crippen molar-refractivity contribution in [1.82, 2.24) is 5.32 Å². The lowest BCUT2D eigenvalue weighted by molar-refractivity contribution is -0.166. The fourth-order valence-electron chi connectivity index (χ4n) is 1.48. The Kier molecular flexibility index (Phi) is 5.37. The van der Waals surface area contributed by atoms with E-state index in [0.717, 1.165) is 6.42 Å². The van der Waals surface area contributed by atoms with E-state index in [0.29, 0.717) is 13.0 Å². The third-order valence-electron chi connectivity index (χ3n) is 2.09. The Hall–Kier alpha value is -0.250. The zero-order valence-corrected chi connectivity index (χ0v) is 8.41. The molecule has 0 radical (unpaired) electrons. The summed E-state index contributed by atoms with van der Waals surface area (Å²) < 4.78 is 37.3. The maximum atomic E-state index is 12.4. The summed E-state index contributed by atoms with van der Waals surface area (Å²) in [6, 6.07) is -1.35. The van der Waals surface area contributed by atoms with Gasteiger partial charge < -0.3 is 5.32 Å². The van der Waals surface area contributed by atoms with Crippen LogP contribution < -0.4 is 5.32 Å². The number of hydrogen-bond donors (Lipinski definition) is 1. The Morgan fingerprint density at radius 3 is 2.08 bits per heavy atom. The molecule has 2 unspecified atom stereocenters. The monoisotopic (exact) mass is 197 g/mol. The highest BCUT2D eigenvalue weighted by atomic mass is 19.4. The van der Waals surface area contributed by atoms with Crippen molar-refractivity contribution in [2.24, 2.45) is 5.92 Å². The van der Waals surface area contributed by atoms with Crippen LogP contribution in [0.5, 0.6) is 0 Å². The van der Waals surface area contributed by atoms with Gasteiger partial charge in [0.2, 0.25) is 0 Å². The molecule has 0 fully saturated rings. The third-order valence-corrected chi connectivity index (χ3v) is 2.09. The van der Waals surface area contributed by atoms with Gasteiger partial charge in [0.15, 0.2) is 0 Å². The summed E-state index contributed by atoms with van der Waals surface area (Å²) in [5.74, 6) is -0.343. The largest absolute Gasteiger partial charge is 0.404 e. The molecule has 0 bridgehead atoms. The molecule has 0 spiro atoms. The van der Waals surface area contributed by atoms with Crippen LogP contribution in [0.3, 0.4) is 0 Å². The minimum Gasteiger partial charge on any atom is -0.306 e. The van der Waals surface area contributed by atoms with E-state index in [1.54, 1.807) is 13.8 Å². The smallest absolute Gasteiger partial charge is 0.306 e. The van der Waals surface area contributed by atoms with Gasteiger partial charge in [0.05, 0.1) is 0 Å². The fourth-order valence-corrected chi connectivity index (χ4v) is 1.48. The highest BCUT2D eigenvalue weighted by Gasteiger charge is 2.41. The molecule has 2 atom stereocenters. The van der Waals surface area contributed by atoms with Gasteiger partial charge in [-0.2, -0.15) is 13.2 Å². The second-order valence-electron chi connectivity index (χ2n) is 3.34. The van der Waals surface area contributed by atoms with Crippen LogP contribution in [0.2, 0.25) is 0 Å². The lowest BCUT2D eigenvalue weighted by atomic mass is 9.96. The molecule has 0 saturated carbocycles. The number of hydrogen-bond acceptors (Lipinski definition) is 1. The average molecular weight is 197 g/mol. The SMILES string of the molecule is CCCC(C)C(NCC)C(F)(F)F. The van der Waals surface area contributed by atoms with Gasteiger partial charge in [-0.15, -0.1) is 0 Å². The number of halogens is 3. The summed E-state index contributed by atoms with van der Waals surface area (Å²) in [4.78, 5) is 0. The Morgan fingerprint density at radius 1 is 1.23 bits per heavy atom. The minimum atomic E-state index is -4.12. The highest BCUT2D eigenvalue weighted by molar-refractivity contribution is 4.79. The Bertz CT molecular complexity index is 133. The van der Waals surface area contributed by atoms with Crippen LogP contribution in [-0.2, 0) is 0 Å². The van der Waals surface area contributed by atoms with Gasteiger partial charge in [-0.1, -0.05) is 27.2 Å². The van der Waals surface area contributed by atoms with Gasteiger partial charge >= 0.3 is 6.18 Å². The predicted molar refractivity (Wildman–Crippen MR) is 47.6 cm³/mol. The van der Waals surface area contributed by atoms with Crippen molar-refractivity contribution in [2.75, 3.05) is 6.54 Å². The maximum Gasteiger partial charge on any atom is 0.404 e. The summed E-state index contributed by atoms with van der Waals surface area (Å²) in [7, 11) is 0. The first kappa shape index (κ1) is 12.8. The van der Waals surface area contributed by atoms with E-state index in [2.05, 4.69) is 5.32 Å². The lowest BCUT2D eigenvalue weighted by Crippen LogP contribution is -2.46. The fraction of sp³-hybridized carbons (Fsp3) is 1.00. The standard InChI is InChI=1S/C9H18F3N/c1-4-6-7(3)8(13-5-2)9(10,11)12/h7-8,13H,4-6H2,1-3H3. The van der Waals surface area contributed by atoms with Crippen LogP contribution in [0, 0.1) is 5.92 Å². The van der Waals surface area contributed by atoms with E-state index >= 15 is 0 Å². The van der Waals surface area contributed by atoms with Crippen LogP contribution in [0.15, 0.2) is 0 Å². The Morgan fingerprint density at radius 2 is 1.77 bits per heavy atom. The van der Waals surface area contributed by atoms with Crippen LogP contribution in [0.25, 0.3) is 0 Å². The molecule has 0 saturated heterocycles. The van der Waals surface area contributed by atoms with Crippen molar-refractivity contribution in [2.45, 2.75) is 45.8 Å². The van der Waals surface area contributed by atoms with Gasteiger partial charge in [-0.05, 0) is 18.9 Å². The van der Waals surface area contributed by atoms with Crippen LogP contribution in [-0.4, -0.2) is 18.8 Å². The van der Waals surface area contributed by atoms with Crippen molar-refractivity contribution in [3.63, 3.8) is 0 Å². The molecule has 1 N–H and O–H groups in total. The second-order valence-corrected chi connectivity index (χ2v) is 3.34. The van der Waals surface area contributed by atoms with E-state index in [-0.39, 0.29) is 5.92 Å². The molecule has 0 amide bonds. The molecule has 0 heterocycles. The zero-order valence-electron chi connectivity index (χ0n) is 8.41. The van der Waals surface area contributed by atoms with Crippen LogP contribution >= 0.6 is 0 Å². The normalized spacial score (nSPS) is 17.1. The molecule has 0 aromatic rings. The van der Waals surface area contributed by atoms with Crippen molar-refractivity contribution in [1.29, 1.82) is 0 Å².